The summed E-state index contributed by atoms with van der Waals surface area (Å²) in [5.74, 6) is -0.756. The molecule has 1 aromatic rings. The van der Waals surface area contributed by atoms with Crippen LogP contribution in [0.5, 0.6) is 5.75 Å². The highest BCUT2D eigenvalue weighted by atomic mass is 28.4. The number of carboxylic acids is 1. The highest BCUT2D eigenvalue weighted by molar-refractivity contribution is 6.69. The fraction of sp³-hybridized carbons (Fsp3) is 0.462. The molecule has 0 heterocycles. The summed E-state index contributed by atoms with van der Waals surface area (Å²) in [6.07, 6.45) is 0. The van der Waals surface area contributed by atoms with Gasteiger partial charge in [-0.15, -0.1) is 0 Å². The number of rotatable bonds is 4. The maximum atomic E-state index is 11.4. The van der Waals surface area contributed by atoms with Crippen molar-refractivity contribution >= 4 is 29.7 Å². The lowest BCUT2D eigenvalue weighted by Crippen LogP contribution is -2.29. The summed E-state index contributed by atoms with van der Waals surface area (Å²) in [6.45, 7) is 11.6. The summed E-state index contributed by atoms with van der Waals surface area (Å²) in [6, 6.07) is 0. The summed E-state index contributed by atoms with van der Waals surface area (Å²) in [5.41, 5.74) is 2.78. The Bertz CT molecular complexity index is 519. The minimum Gasteiger partial charge on any atom is -0.478 e. The first-order valence-electron chi connectivity index (χ1n) is 6.00. The van der Waals surface area contributed by atoms with Crippen molar-refractivity contribution in [3.05, 3.63) is 22.3 Å². The van der Waals surface area contributed by atoms with Crippen molar-refractivity contribution in [3.8, 4) is 5.75 Å². The van der Waals surface area contributed by atoms with Crippen LogP contribution in [0.3, 0.4) is 0 Å². The topological polar surface area (TPSA) is 55.8 Å². The molecule has 0 saturated heterocycles. The van der Waals surface area contributed by atoms with Crippen LogP contribution < -0.4 is 10.1 Å². The molecule has 19 heavy (non-hydrogen) atoms. The van der Waals surface area contributed by atoms with Crippen molar-refractivity contribution in [2.24, 2.45) is 0 Å². The number of carbonyl (C=O) groups is 1. The number of aromatic carboxylic acids is 1. The first-order chi connectivity index (χ1) is 8.56. The summed E-state index contributed by atoms with van der Waals surface area (Å²) in [4.78, 5) is 16.8. The maximum absolute atomic E-state index is 11.4. The molecule has 0 amide bonds. The Hall–Kier alpha value is -1.12. The Kier molecular flexibility index (Phi) is 4.60. The maximum Gasteiger partial charge on any atom is 0.339 e. The van der Waals surface area contributed by atoms with E-state index in [9.17, 15) is 9.90 Å². The van der Waals surface area contributed by atoms with Crippen LogP contribution in [0.2, 0.25) is 19.6 Å². The molecule has 0 aromatic heterocycles. The van der Waals surface area contributed by atoms with Gasteiger partial charge in [-0.25, -0.2) is 9.37 Å². The quantitative estimate of drug-likeness (QED) is 0.526. The standard InChI is InChI=1S/C13H19O4Si2/c1-7-8(2)11(16-17-19(4,5)6)10(13(14)15)12(18)9(7)3/h1-6H3,(H,14,15). The molecule has 0 aliphatic carbocycles. The van der Waals surface area contributed by atoms with E-state index in [0.29, 0.717) is 5.19 Å². The minimum absolute atomic E-state index is 0.107. The van der Waals surface area contributed by atoms with Crippen LogP contribution in [-0.4, -0.2) is 29.6 Å². The molecule has 0 bridgehead atoms. The Morgan fingerprint density at radius 3 is 2.05 bits per heavy atom. The van der Waals surface area contributed by atoms with Crippen LogP contribution in [0, 0.1) is 20.8 Å². The van der Waals surface area contributed by atoms with E-state index in [4.69, 9.17) is 9.46 Å². The van der Waals surface area contributed by atoms with E-state index in [0.717, 1.165) is 16.7 Å². The van der Waals surface area contributed by atoms with Crippen molar-refractivity contribution in [2.45, 2.75) is 40.4 Å². The van der Waals surface area contributed by atoms with Gasteiger partial charge in [0.25, 0.3) is 0 Å². The van der Waals surface area contributed by atoms with Crippen molar-refractivity contribution in [3.63, 3.8) is 0 Å². The minimum atomic E-state index is -1.90. The molecule has 0 fully saturated rings. The van der Waals surface area contributed by atoms with Crippen molar-refractivity contribution in [1.29, 1.82) is 0 Å². The molecular weight excluding hydrogens is 276 g/mol. The highest BCUT2D eigenvalue weighted by Gasteiger charge is 2.25. The van der Waals surface area contributed by atoms with E-state index < -0.39 is 14.3 Å². The smallest absolute Gasteiger partial charge is 0.339 e. The number of hydrogen-bond acceptors (Lipinski definition) is 3. The molecule has 6 heteroatoms. The molecule has 103 valence electrons. The van der Waals surface area contributed by atoms with Crippen LogP contribution in [0.1, 0.15) is 27.0 Å². The predicted octanol–water partition coefficient (Wildman–Crippen LogP) is 2.25. The van der Waals surface area contributed by atoms with E-state index in [1.807, 2.05) is 40.4 Å². The zero-order chi connectivity index (χ0) is 15.0. The van der Waals surface area contributed by atoms with Crippen LogP contribution in [0.4, 0.5) is 0 Å². The van der Waals surface area contributed by atoms with Crippen molar-refractivity contribution in [1.82, 2.24) is 0 Å². The zero-order valence-electron chi connectivity index (χ0n) is 12.2. The second-order valence-electron chi connectivity index (χ2n) is 5.54. The van der Waals surface area contributed by atoms with Crippen molar-refractivity contribution in [2.75, 3.05) is 0 Å². The van der Waals surface area contributed by atoms with Crippen LogP contribution in [-0.2, 0) is 4.58 Å². The summed E-state index contributed by atoms with van der Waals surface area (Å²) >= 11 is 0. The van der Waals surface area contributed by atoms with Crippen molar-refractivity contribution < 1.29 is 19.4 Å². The molecule has 1 aromatic carbocycles. The van der Waals surface area contributed by atoms with Crippen LogP contribution in [0.15, 0.2) is 0 Å². The average Bonchev–Trinajstić information content (AvgIpc) is 2.27. The predicted molar refractivity (Wildman–Crippen MR) is 78.1 cm³/mol. The molecule has 0 saturated carbocycles. The molecule has 0 aliphatic rings. The molecule has 0 spiro atoms. The Morgan fingerprint density at radius 1 is 1.11 bits per heavy atom. The normalized spacial score (nSPS) is 11.5. The molecule has 4 nitrogen and oxygen atoms in total. The molecule has 1 rings (SSSR count). The Morgan fingerprint density at radius 2 is 1.63 bits per heavy atom. The van der Waals surface area contributed by atoms with Gasteiger partial charge in [0.2, 0.25) is 8.32 Å². The van der Waals surface area contributed by atoms with Gasteiger partial charge in [0.15, 0.2) is 5.75 Å². The lowest BCUT2D eigenvalue weighted by molar-refractivity contribution is -0.112. The average molecular weight is 295 g/mol. The summed E-state index contributed by atoms with van der Waals surface area (Å²) in [7, 11) is 1.49. The first kappa shape index (κ1) is 15.9. The van der Waals surface area contributed by atoms with Gasteiger partial charge in [0.1, 0.15) is 5.56 Å². The van der Waals surface area contributed by atoms with E-state index in [1.165, 1.54) is 0 Å². The molecule has 0 aliphatic heterocycles. The number of hydrogen-bond donors (Lipinski definition) is 1. The van der Waals surface area contributed by atoms with Gasteiger partial charge in [-0.1, -0.05) is 0 Å². The Balaban J connectivity index is 3.40. The van der Waals surface area contributed by atoms with Gasteiger partial charge in [-0.05, 0) is 62.3 Å². The Labute approximate surface area is 118 Å². The lowest BCUT2D eigenvalue weighted by atomic mass is 9.98. The number of benzene rings is 1. The molecule has 0 atom stereocenters. The second kappa shape index (κ2) is 5.48. The third-order valence-corrected chi connectivity index (χ3v) is 4.11. The monoisotopic (exact) mass is 295 g/mol. The van der Waals surface area contributed by atoms with E-state index >= 15 is 0 Å². The largest absolute Gasteiger partial charge is 0.478 e. The van der Waals surface area contributed by atoms with Gasteiger partial charge in [0, 0.05) is 0 Å². The van der Waals surface area contributed by atoms with Crippen LogP contribution in [0.25, 0.3) is 0 Å². The van der Waals surface area contributed by atoms with Gasteiger partial charge >= 0.3 is 5.97 Å². The summed E-state index contributed by atoms with van der Waals surface area (Å²) < 4.78 is 5.39. The van der Waals surface area contributed by atoms with E-state index in [1.54, 1.807) is 0 Å². The molecule has 1 N–H and O–H groups in total. The van der Waals surface area contributed by atoms with Gasteiger partial charge in [-0.2, -0.15) is 0 Å². The fourth-order valence-corrected chi connectivity index (χ4v) is 2.34. The summed E-state index contributed by atoms with van der Waals surface area (Å²) in [5, 5.41) is 9.89. The molecular formula is C13H19O4Si2. The first-order valence-corrected chi connectivity index (χ1v) is 9.91. The molecule has 3 radical (unpaired) electrons. The fourth-order valence-electron chi connectivity index (χ4n) is 1.60. The highest BCUT2D eigenvalue weighted by Crippen LogP contribution is 2.28. The second-order valence-corrected chi connectivity index (χ2v) is 10.4. The van der Waals surface area contributed by atoms with Crippen LogP contribution >= 0.6 is 0 Å². The lowest BCUT2D eigenvalue weighted by Gasteiger charge is -2.21. The SMILES string of the molecule is Cc1c(C)c([Si])c(C(=O)O)c(OO[Si](C)(C)C)c1C. The van der Waals surface area contributed by atoms with E-state index in [2.05, 4.69) is 10.2 Å². The third kappa shape index (κ3) is 3.46. The third-order valence-electron chi connectivity index (χ3n) is 2.91. The van der Waals surface area contributed by atoms with Gasteiger partial charge < -0.3 is 9.99 Å². The zero-order valence-corrected chi connectivity index (χ0v) is 14.2. The molecule has 0 unspecified atom stereocenters. The van der Waals surface area contributed by atoms with Gasteiger partial charge in [0.05, 0.1) is 10.2 Å². The van der Waals surface area contributed by atoms with E-state index in [-0.39, 0.29) is 11.3 Å². The number of carboxylic acid groups (broad SMARTS) is 1. The van der Waals surface area contributed by atoms with Gasteiger partial charge in [-0.3, -0.25) is 0 Å².